The summed E-state index contributed by atoms with van der Waals surface area (Å²) in [5.74, 6) is -0.758. The van der Waals surface area contributed by atoms with Crippen molar-refractivity contribution in [2.75, 3.05) is 0 Å². The van der Waals surface area contributed by atoms with Crippen molar-refractivity contribution >= 4 is 19.7 Å². The van der Waals surface area contributed by atoms with Crippen LogP contribution in [0.5, 0.6) is 0 Å². The van der Waals surface area contributed by atoms with Gasteiger partial charge in [-0.3, -0.25) is 0 Å². The number of allylic oxidation sites excluding steroid dienone is 3. The van der Waals surface area contributed by atoms with Gasteiger partial charge >= 0.3 is 0 Å². The zero-order chi connectivity index (χ0) is 9.07. The van der Waals surface area contributed by atoms with E-state index in [1.807, 2.05) is 0 Å². The first-order valence-electron chi connectivity index (χ1n) is 2.50. The molecule has 0 aromatic rings. The minimum Gasteiger partial charge on any atom is -0.208 e. The molecule has 0 saturated heterocycles. The molecule has 0 atom stereocenters. The Bertz CT molecular complexity index is 303. The average molecular weight is 197 g/mol. The molecule has 0 aromatic carbocycles. The molecule has 0 rings (SSSR count). The third kappa shape index (κ3) is 4.75. The standard InChI is InChI=1S/C6H6ClFO2S/c1-5(8)3-4-6(2)11(7,9)10/h3-4H,1-2H2/b4-3-. The Morgan fingerprint density at radius 2 is 1.82 bits per heavy atom. The molecular weight excluding hydrogens is 191 g/mol. The van der Waals surface area contributed by atoms with Crippen molar-refractivity contribution in [2.24, 2.45) is 0 Å². The van der Waals surface area contributed by atoms with Gasteiger partial charge in [0.25, 0.3) is 9.05 Å². The van der Waals surface area contributed by atoms with Gasteiger partial charge in [0.2, 0.25) is 0 Å². The smallest absolute Gasteiger partial charge is 0.208 e. The van der Waals surface area contributed by atoms with Gasteiger partial charge in [-0.2, -0.15) is 0 Å². The number of hydrogen-bond acceptors (Lipinski definition) is 2. The van der Waals surface area contributed by atoms with Gasteiger partial charge in [0, 0.05) is 10.7 Å². The van der Waals surface area contributed by atoms with Crippen molar-refractivity contribution in [2.45, 2.75) is 0 Å². The molecule has 0 heterocycles. The van der Waals surface area contributed by atoms with E-state index < -0.39 is 14.9 Å². The maximum atomic E-state index is 11.9. The fourth-order valence-electron chi connectivity index (χ4n) is 0.265. The maximum absolute atomic E-state index is 11.9. The highest BCUT2D eigenvalue weighted by atomic mass is 35.7. The minimum atomic E-state index is -3.82. The Morgan fingerprint density at radius 3 is 2.09 bits per heavy atom. The fraction of sp³-hybridized carbons (Fsp3) is 0. The van der Waals surface area contributed by atoms with Crippen LogP contribution in [0.2, 0.25) is 0 Å². The largest absolute Gasteiger partial charge is 0.260 e. The van der Waals surface area contributed by atoms with Gasteiger partial charge in [-0.1, -0.05) is 13.2 Å². The van der Waals surface area contributed by atoms with Gasteiger partial charge in [0.1, 0.15) is 5.83 Å². The van der Waals surface area contributed by atoms with Gasteiger partial charge in [0.15, 0.2) is 0 Å². The van der Waals surface area contributed by atoms with Crippen molar-refractivity contribution in [3.8, 4) is 0 Å². The van der Waals surface area contributed by atoms with E-state index in [0.29, 0.717) is 0 Å². The lowest BCUT2D eigenvalue weighted by Gasteiger charge is -1.89. The molecule has 0 aliphatic carbocycles. The van der Waals surface area contributed by atoms with E-state index in [9.17, 15) is 12.8 Å². The van der Waals surface area contributed by atoms with Crippen molar-refractivity contribution < 1.29 is 12.8 Å². The molecule has 0 spiro atoms. The van der Waals surface area contributed by atoms with E-state index in [4.69, 9.17) is 10.7 Å². The van der Waals surface area contributed by atoms with Crippen LogP contribution in [0.1, 0.15) is 0 Å². The summed E-state index contributed by atoms with van der Waals surface area (Å²) < 4.78 is 32.7. The molecule has 0 unspecified atom stereocenters. The second-order valence-electron chi connectivity index (χ2n) is 1.68. The molecule has 11 heavy (non-hydrogen) atoms. The van der Waals surface area contributed by atoms with Crippen LogP contribution in [0.4, 0.5) is 4.39 Å². The highest BCUT2D eigenvalue weighted by molar-refractivity contribution is 8.16. The van der Waals surface area contributed by atoms with Gasteiger partial charge in [-0.25, -0.2) is 12.8 Å². The lowest BCUT2D eigenvalue weighted by atomic mass is 10.4. The summed E-state index contributed by atoms with van der Waals surface area (Å²) in [6.45, 7) is 5.96. The Balaban J connectivity index is 4.46. The minimum absolute atomic E-state index is 0.363. The predicted octanol–water partition coefficient (Wildman–Crippen LogP) is 2.11. The van der Waals surface area contributed by atoms with E-state index >= 15 is 0 Å². The topological polar surface area (TPSA) is 34.1 Å². The van der Waals surface area contributed by atoms with Crippen LogP contribution in [-0.4, -0.2) is 8.42 Å². The summed E-state index contributed by atoms with van der Waals surface area (Å²) in [7, 11) is 1.02. The van der Waals surface area contributed by atoms with Crippen molar-refractivity contribution in [1.82, 2.24) is 0 Å². The zero-order valence-corrected chi connectivity index (χ0v) is 7.12. The summed E-state index contributed by atoms with van der Waals surface area (Å²) in [6.07, 6.45) is 1.80. The van der Waals surface area contributed by atoms with Crippen LogP contribution in [-0.2, 0) is 9.05 Å². The molecule has 2 nitrogen and oxygen atoms in total. The molecule has 0 N–H and O–H groups in total. The van der Waals surface area contributed by atoms with Gasteiger partial charge in [-0.15, -0.1) is 0 Å². The summed E-state index contributed by atoms with van der Waals surface area (Å²) in [5.41, 5.74) is 0. The van der Waals surface area contributed by atoms with E-state index in [1.165, 1.54) is 0 Å². The quantitative estimate of drug-likeness (QED) is 0.512. The first kappa shape index (κ1) is 10.4. The predicted molar refractivity (Wildman–Crippen MR) is 43.3 cm³/mol. The van der Waals surface area contributed by atoms with Crippen molar-refractivity contribution in [3.63, 3.8) is 0 Å². The highest BCUT2D eigenvalue weighted by Crippen LogP contribution is 2.11. The molecule has 0 radical (unpaired) electrons. The number of hydrogen-bond donors (Lipinski definition) is 0. The molecule has 0 saturated carbocycles. The Kier molecular flexibility index (Phi) is 3.48. The first-order chi connectivity index (χ1) is 4.84. The Morgan fingerprint density at radius 1 is 1.36 bits per heavy atom. The third-order valence-corrected chi connectivity index (χ3v) is 2.12. The third-order valence-electron chi connectivity index (χ3n) is 0.763. The van der Waals surface area contributed by atoms with Crippen LogP contribution in [0, 0.1) is 0 Å². The molecule has 0 amide bonds. The second kappa shape index (κ2) is 3.69. The van der Waals surface area contributed by atoms with Crippen LogP contribution >= 0.6 is 10.7 Å². The number of halogens is 2. The monoisotopic (exact) mass is 196 g/mol. The van der Waals surface area contributed by atoms with Gasteiger partial charge in [0.05, 0.1) is 4.91 Å². The van der Waals surface area contributed by atoms with E-state index in [0.717, 1.165) is 12.2 Å². The molecule has 0 aliphatic rings. The number of rotatable bonds is 3. The van der Waals surface area contributed by atoms with Crippen LogP contribution < -0.4 is 0 Å². The average Bonchev–Trinajstić information content (AvgIpc) is 1.80. The fourth-order valence-corrected chi connectivity index (χ4v) is 0.650. The highest BCUT2D eigenvalue weighted by Gasteiger charge is 2.06. The SMILES string of the molecule is C=C(F)/C=C\C(=C)S(=O)(=O)Cl. The van der Waals surface area contributed by atoms with Crippen molar-refractivity contribution in [3.05, 3.63) is 36.0 Å². The normalized spacial score (nSPS) is 11.8. The van der Waals surface area contributed by atoms with Crippen LogP contribution in [0.3, 0.4) is 0 Å². The maximum Gasteiger partial charge on any atom is 0.260 e. The Hall–Kier alpha value is -0.610. The summed E-state index contributed by atoms with van der Waals surface area (Å²) in [5, 5.41) is 0. The van der Waals surface area contributed by atoms with E-state index in [1.54, 1.807) is 0 Å². The lowest BCUT2D eigenvalue weighted by Crippen LogP contribution is -1.88. The first-order valence-corrected chi connectivity index (χ1v) is 4.81. The van der Waals surface area contributed by atoms with E-state index in [2.05, 4.69) is 13.2 Å². The van der Waals surface area contributed by atoms with Gasteiger partial charge < -0.3 is 0 Å². The molecule has 0 aliphatic heterocycles. The van der Waals surface area contributed by atoms with Crippen LogP contribution in [0.15, 0.2) is 36.0 Å². The summed E-state index contributed by atoms with van der Waals surface area (Å²) in [4.78, 5) is -0.363. The molecule has 0 fully saturated rings. The van der Waals surface area contributed by atoms with Crippen molar-refractivity contribution in [1.29, 1.82) is 0 Å². The molecule has 5 heteroatoms. The lowest BCUT2D eigenvalue weighted by molar-refractivity contribution is 0.616. The molecular formula is C6H6ClFO2S. The zero-order valence-electron chi connectivity index (χ0n) is 5.55. The Labute approximate surface area is 69.1 Å². The summed E-state index contributed by atoms with van der Waals surface area (Å²) in [6, 6.07) is 0. The van der Waals surface area contributed by atoms with Gasteiger partial charge in [-0.05, 0) is 12.2 Å². The van der Waals surface area contributed by atoms with E-state index in [-0.39, 0.29) is 4.91 Å². The second-order valence-corrected chi connectivity index (χ2v) is 4.30. The molecule has 0 bridgehead atoms. The van der Waals surface area contributed by atoms with Crippen LogP contribution in [0.25, 0.3) is 0 Å². The molecule has 0 aromatic heterocycles. The molecule has 62 valence electrons. The summed E-state index contributed by atoms with van der Waals surface area (Å²) >= 11 is 0.